The normalized spacial score (nSPS) is 11.9. The Morgan fingerprint density at radius 2 is 1.50 bits per heavy atom. The van der Waals surface area contributed by atoms with E-state index < -0.39 is 28.5 Å². The summed E-state index contributed by atoms with van der Waals surface area (Å²) in [6, 6.07) is 28.1. The van der Waals surface area contributed by atoms with Crippen LogP contribution >= 0.6 is 39.1 Å². The van der Waals surface area contributed by atoms with Crippen molar-refractivity contribution in [3.8, 4) is 0 Å². The van der Waals surface area contributed by atoms with Crippen molar-refractivity contribution in [2.24, 2.45) is 0 Å². The van der Waals surface area contributed by atoms with Gasteiger partial charge in [0.15, 0.2) is 0 Å². The van der Waals surface area contributed by atoms with Crippen LogP contribution in [0.4, 0.5) is 5.69 Å². The van der Waals surface area contributed by atoms with Crippen molar-refractivity contribution in [1.29, 1.82) is 0 Å². The average molecular weight is 718 g/mol. The minimum Gasteiger partial charge on any atom is -0.354 e. The van der Waals surface area contributed by atoms with E-state index in [1.165, 1.54) is 35.2 Å². The van der Waals surface area contributed by atoms with Crippen molar-refractivity contribution < 1.29 is 18.0 Å². The molecule has 11 heteroatoms. The molecule has 4 aromatic carbocycles. The largest absolute Gasteiger partial charge is 0.354 e. The molecule has 1 N–H and O–H groups in total. The Bertz CT molecular complexity index is 1670. The van der Waals surface area contributed by atoms with Crippen molar-refractivity contribution in [2.75, 3.05) is 17.4 Å². The molecule has 230 valence electrons. The van der Waals surface area contributed by atoms with Crippen molar-refractivity contribution >= 4 is 66.7 Å². The Balaban J connectivity index is 1.81. The van der Waals surface area contributed by atoms with Crippen LogP contribution in [0, 0.1) is 0 Å². The number of amides is 2. The molecule has 0 aliphatic carbocycles. The van der Waals surface area contributed by atoms with E-state index in [2.05, 4.69) is 21.2 Å². The first-order chi connectivity index (χ1) is 21.1. The fourth-order valence-corrected chi connectivity index (χ4v) is 6.76. The Morgan fingerprint density at radius 3 is 2.14 bits per heavy atom. The van der Waals surface area contributed by atoms with Gasteiger partial charge in [0.25, 0.3) is 10.0 Å². The zero-order chi connectivity index (χ0) is 31.7. The summed E-state index contributed by atoms with van der Waals surface area (Å²) in [6.45, 7) is 1.81. The first kappa shape index (κ1) is 33.5. The topological polar surface area (TPSA) is 86.8 Å². The van der Waals surface area contributed by atoms with Crippen molar-refractivity contribution in [2.45, 2.75) is 37.2 Å². The van der Waals surface area contributed by atoms with E-state index in [4.69, 9.17) is 23.2 Å². The number of rotatable bonds is 13. The van der Waals surface area contributed by atoms with Gasteiger partial charge in [-0.15, -0.1) is 0 Å². The van der Waals surface area contributed by atoms with Gasteiger partial charge in [-0.2, -0.15) is 0 Å². The molecule has 0 aliphatic heterocycles. The number of sulfonamides is 1. The molecule has 0 aliphatic rings. The fourth-order valence-electron chi connectivity index (χ4n) is 4.62. The molecule has 2 amide bonds. The van der Waals surface area contributed by atoms with E-state index in [1.807, 2.05) is 61.5 Å². The number of hydrogen-bond donors (Lipinski definition) is 1. The monoisotopic (exact) mass is 715 g/mol. The molecule has 0 unspecified atom stereocenters. The minimum atomic E-state index is -4.28. The highest BCUT2D eigenvalue weighted by atomic mass is 79.9. The lowest BCUT2D eigenvalue weighted by molar-refractivity contribution is -0.140. The quantitative estimate of drug-likeness (QED) is 0.160. The first-order valence-electron chi connectivity index (χ1n) is 14.0. The number of benzene rings is 4. The lowest BCUT2D eigenvalue weighted by Gasteiger charge is -2.34. The lowest BCUT2D eigenvalue weighted by Crippen LogP contribution is -2.53. The fraction of sp³-hybridized carbons (Fsp3) is 0.212. The SMILES string of the molecule is CCCNC(=O)[C@H](Cc1ccccc1)N(Cc1ccc(Br)cc1)C(=O)CN(c1cc(Cl)ccc1Cl)S(=O)(=O)c1ccccc1. The third-order valence-corrected chi connectivity index (χ3v) is 9.73. The van der Waals surface area contributed by atoms with Crippen LogP contribution in [0.5, 0.6) is 0 Å². The van der Waals surface area contributed by atoms with Gasteiger partial charge < -0.3 is 10.2 Å². The van der Waals surface area contributed by atoms with Crippen LogP contribution in [0.15, 0.2) is 112 Å². The van der Waals surface area contributed by atoms with Gasteiger partial charge in [0.05, 0.1) is 15.6 Å². The molecule has 0 radical (unpaired) electrons. The predicted octanol–water partition coefficient (Wildman–Crippen LogP) is 7.12. The summed E-state index contributed by atoms with van der Waals surface area (Å²) in [5.41, 5.74) is 1.67. The Kier molecular flexibility index (Phi) is 11.9. The van der Waals surface area contributed by atoms with E-state index >= 15 is 0 Å². The Morgan fingerprint density at radius 1 is 0.864 bits per heavy atom. The molecular formula is C33H32BrCl2N3O4S. The first-order valence-corrected chi connectivity index (χ1v) is 17.0. The smallest absolute Gasteiger partial charge is 0.264 e. The number of nitrogens with one attached hydrogen (secondary N) is 1. The van der Waals surface area contributed by atoms with Gasteiger partial charge in [-0.1, -0.05) is 107 Å². The van der Waals surface area contributed by atoms with E-state index in [-0.39, 0.29) is 39.5 Å². The molecule has 4 rings (SSSR count). The molecule has 0 bridgehead atoms. The van der Waals surface area contributed by atoms with Gasteiger partial charge in [-0.25, -0.2) is 8.42 Å². The lowest BCUT2D eigenvalue weighted by atomic mass is 10.0. The average Bonchev–Trinajstić information content (AvgIpc) is 3.03. The zero-order valence-corrected chi connectivity index (χ0v) is 27.9. The molecule has 7 nitrogen and oxygen atoms in total. The summed E-state index contributed by atoms with van der Waals surface area (Å²) < 4.78 is 29.9. The Labute approximate surface area is 277 Å². The molecule has 0 aromatic heterocycles. The Hall–Kier alpha value is -3.37. The highest BCUT2D eigenvalue weighted by Crippen LogP contribution is 2.33. The summed E-state index contributed by atoms with van der Waals surface area (Å²) in [6.07, 6.45) is 0.933. The van der Waals surface area contributed by atoms with Gasteiger partial charge >= 0.3 is 0 Å². The summed E-state index contributed by atoms with van der Waals surface area (Å²) >= 11 is 16.2. The second kappa shape index (κ2) is 15.6. The molecule has 0 fully saturated rings. The molecule has 0 saturated heterocycles. The maximum atomic E-state index is 14.4. The summed E-state index contributed by atoms with van der Waals surface area (Å²) in [4.78, 5) is 29.5. The van der Waals surface area contributed by atoms with E-state index in [9.17, 15) is 18.0 Å². The molecule has 1 atom stereocenters. The molecule has 0 spiro atoms. The number of halogens is 3. The molecule has 0 heterocycles. The van der Waals surface area contributed by atoms with Crippen LogP contribution in [-0.4, -0.2) is 44.3 Å². The second-order valence-electron chi connectivity index (χ2n) is 10.1. The molecule has 0 saturated carbocycles. The molecule has 4 aromatic rings. The van der Waals surface area contributed by atoms with E-state index in [0.29, 0.717) is 13.0 Å². The van der Waals surface area contributed by atoms with Crippen molar-refractivity contribution in [3.05, 3.63) is 129 Å². The number of hydrogen-bond acceptors (Lipinski definition) is 4. The van der Waals surface area contributed by atoms with Gasteiger partial charge in [-0.3, -0.25) is 13.9 Å². The van der Waals surface area contributed by atoms with E-state index in [1.54, 1.807) is 18.2 Å². The van der Waals surface area contributed by atoms with Crippen LogP contribution in [-0.2, 0) is 32.6 Å². The number of carbonyl (C=O) groups excluding carboxylic acids is 2. The van der Waals surface area contributed by atoms with Crippen LogP contribution < -0.4 is 9.62 Å². The number of carbonyl (C=O) groups is 2. The minimum absolute atomic E-state index is 0.0233. The summed E-state index contributed by atoms with van der Waals surface area (Å²) in [5, 5.41) is 3.28. The third-order valence-electron chi connectivity index (χ3n) is 6.87. The predicted molar refractivity (Wildman–Crippen MR) is 179 cm³/mol. The van der Waals surface area contributed by atoms with Crippen LogP contribution in [0.2, 0.25) is 10.0 Å². The summed E-state index contributed by atoms with van der Waals surface area (Å²) in [7, 11) is -4.28. The summed E-state index contributed by atoms with van der Waals surface area (Å²) in [5.74, 6) is -0.921. The van der Waals surface area contributed by atoms with E-state index in [0.717, 1.165) is 19.9 Å². The third kappa shape index (κ3) is 8.63. The number of anilines is 1. The van der Waals surface area contributed by atoms with Gasteiger partial charge in [0.1, 0.15) is 12.6 Å². The highest BCUT2D eigenvalue weighted by molar-refractivity contribution is 9.10. The zero-order valence-electron chi connectivity index (χ0n) is 24.0. The molecular weight excluding hydrogens is 685 g/mol. The number of nitrogens with zero attached hydrogens (tertiary/aromatic N) is 2. The van der Waals surface area contributed by atoms with Crippen molar-refractivity contribution in [1.82, 2.24) is 10.2 Å². The standard InChI is InChI=1S/C33H32BrCl2N3O4S/c1-2-19-37-33(41)31(20-24-9-5-3-6-10-24)38(22-25-13-15-26(34)16-14-25)32(40)23-39(30-21-27(35)17-18-29(30)36)44(42,43)28-11-7-4-8-12-28/h3-18,21,31H,2,19-20,22-23H2,1H3,(H,37,41)/t31-/m0/s1. The van der Waals surface area contributed by atoms with Crippen LogP contribution in [0.3, 0.4) is 0 Å². The van der Waals surface area contributed by atoms with Gasteiger partial charge in [0, 0.05) is 29.0 Å². The maximum absolute atomic E-state index is 14.4. The second-order valence-corrected chi connectivity index (χ2v) is 13.7. The van der Waals surface area contributed by atoms with Gasteiger partial charge in [-0.05, 0) is 60.0 Å². The maximum Gasteiger partial charge on any atom is 0.264 e. The highest BCUT2D eigenvalue weighted by Gasteiger charge is 2.35. The van der Waals surface area contributed by atoms with Crippen molar-refractivity contribution in [3.63, 3.8) is 0 Å². The van der Waals surface area contributed by atoms with Crippen LogP contribution in [0.25, 0.3) is 0 Å². The van der Waals surface area contributed by atoms with Gasteiger partial charge in [0.2, 0.25) is 11.8 Å². The molecule has 44 heavy (non-hydrogen) atoms. The van der Waals surface area contributed by atoms with Crippen LogP contribution in [0.1, 0.15) is 24.5 Å².